The molecule has 1 saturated heterocycles. The Bertz CT molecular complexity index is 138. The molecule has 0 bridgehead atoms. The van der Waals surface area contributed by atoms with E-state index in [4.69, 9.17) is 0 Å². The summed E-state index contributed by atoms with van der Waals surface area (Å²) < 4.78 is 0. The van der Waals surface area contributed by atoms with Crippen LogP contribution in [0.3, 0.4) is 0 Å². The second kappa shape index (κ2) is 6.93. The molecule has 1 fully saturated rings. The molecule has 3 heteroatoms. The number of carbonyl (C=O) groups excluding carboxylic acids is 1. The zero-order valence-corrected chi connectivity index (χ0v) is 7.31. The van der Waals surface area contributed by atoms with E-state index in [0.717, 1.165) is 25.9 Å². The van der Waals surface area contributed by atoms with Gasteiger partial charge in [-0.25, -0.2) is 0 Å². The maximum atomic E-state index is 11.1. The van der Waals surface area contributed by atoms with Crippen LogP contribution in [0.2, 0.25) is 0 Å². The van der Waals surface area contributed by atoms with Gasteiger partial charge in [0.2, 0.25) is 5.91 Å². The van der Waals surface area contributed by atoms with Gasteiger partial charge >= 0.3 is 29.6 Å². The van der Waals surface area contributed by atoms with Crippen LogP contribution in [0.25, 0.3) is 0 Å². The Morgan fingerprint density at radius 2 is 2.17 bits per heavy atom. The van der Waals surface area contributed by atoms with Gasteiger partial charge in [-0.1, -0.05) is 19.8 Å². The van der Waals surface area contributed by atoms with Crippen LogP contribution < -0.4 is 0 Å². The van der Waals surface area contributed by atoms with Gasteiger partial charge in [-0.05, 0) is 12.8 Å². The van der Waals surface area contributed by atoms with Gasteiger partial charge in [-0.2, -0.15) is 0 Å². The SMILES string of the molecule is CCCCCN1CCCC1=O.[NaH]. The minimum atomic E-state index is 0. The fraction of sp³-hybridized carbons (Fsp3) is 0.889. The Balaban J connectivity index is 0.00000121. The monoisotopic (exact) mass is 179 g/mol. The molecule has 1 amide bonds. The summed E-state index contributed by atoms with van der Waals surface area (Å²) in [5, 5.41) is 0. The minimum absolute atomic E-state index is 0. The Morgan fingerprint density at radius 3 is 2.67 bits per heavy atom. The average Bonchev–Trinajstić information content (AvgIpc) is 2.37. The third kappa shape index (κ3) is 3.92. The third-order valence-corrected chi connectivity index (χ3v) is 2.20. The number of nitrogens with zero attached hydrogens (tertiary/aromatic N) is 1. The van der Waals surface area contributed by atoms with Crippen molar-refractivity contribution < 1.29 is 4.79 Å². The summed E-state index contributed by atoms with van der Waals surface area (Å²) in [6, 6.07) is 0. The summed E-state index contributed by atoms with van der Waals surface area (Å²) in [5.74, 6) is 0.362. The molecule has 1 aliphatic rings. The Kier molecular flexibility index (Phi) is 7.20. The van der Waals surface area contributed by atoms with Gasteiger partial charge in [0, 0.05) is 19.5 Å². The van der Waals surface area contributed by atoms with Crippen LogP contribution in [0.4, 0.5) is 0 Å². The Hall–Kier alpha value is 0.470. The molecule has 12 heavy (non-hydrogen) atoms. The van der Waals surface area contributed by atoms with Crippen molar-refractivity contribution in [2.45, 2.75) is 39.0 Å². The van der Waals surface area contributed by atoms with E-state index >= 15 is 0 Å². The zero-order chi connectivity index (χ0) is 8.10. The molecule has 0 aromatic rings. The van der Waals surface area contributed by atoms with Gasteiger partial charge in [0.05, 0.1) is 0 Å². The molecule has 0 aromatic carbocycles. The van der Waals surface area contributed by atoms with Crippen molar-refractivity contribution in [3.63, 3.8) is 0 Å². The fourth-order valence-corrected chi connectivity index (χ4v) is 1.49. The van der Waals surface area contributed by atoms with Gasteiger partial charge in [0.15, 0.2) is 0 Å². The van der Waals surface area contributed by atoms with Gasteiger partial charge in [0.25, 0.3) is 0 Å². The van der Waals surface area contributed by atoms with Crippen molar-refractivity contribution in [3.8, 4) is 0 Å². The van der Waals surface area contributed by atoms with Gasteiger partial charge in [-0.15, -0.1) is 0 Å². The Labute approximate surface area is 97.0 Å². The van der Waals surface area contributed by atoms with Crippen LogP contribution >= 0.6 is 0 Å². The second-order valence-corrected chi connectivity index (χ2v) is 3.19. The van der Waals surface area contributed by atoms with Crippen molar-refractivity contribution in [2.24, 2.45) is 0 Å². The number of carbonyl (C=O) groups is 1. The predicted molar refractivity (Wildman–Crippen MR) is 52.5 cm³/mol. The van der Waals surface area contributed by atoms with Crippen LogP contribution in [0, 0.1) is 0 Å². The molecule has 0 aliphatic carbocycles. The number of amides is 1. The quantitative estimate of drug-likeness (QED) is 0.468. The summed E-state index contributed by atoms with van der Waals surface area (Å²) in [4.78, 5) is 13.1. The van der Waals surface area contributed by atoms with Gasteiger partial charge in [0.1, 0.15) is 0 Å². The van der Waals surface area contributed by atoms with Crippen molar-refractivity contribution in [3.05, 3.63) is 0 Å². The van der Waals surface area contributed by atoms with E-state index in [1.807, 2.05) is 4.90 Å². The molecule has 0 aromatic heterocycles. The normalized spacial score (nSPS) is 16.4. The summed E-state index contributed by atoms with van der Waals surface area (Å²) >= 11 is 0. The summed E-state index contributed by atoms with van der Waals surface area (Å²) in [5.41, 5.74) is 0. The summed E-state index contributed by atoms with van der Waals surface area (Å²) in [7, 11) is 0. The van der Waals surface area contributed by atoms with Crippen LogP contribution in [0.1, 0.15) is 39.0 Å². The number of rotatable bonds is 4. The first-order chi connectivity index (χ1) is 5.34. The first-order valence-corrected chi connectivity index (χ1v) is 4.62. The predicted octanol–water partition coefficient (Wildman–Crippen LogP) is 1.15. The van der Waals surface area contributed by atoms with E-state index in [0.29, 0.717) is 5.91 Å². The average molecular weight is 179 g/mol. The van der Waals surface area contributed by atoms with E-state index in [1.165, 1.54) is 19.3 Å². The number of likely N-dealkylation sites (tertiary alicyclic amines) is 1. The zero-order valence-electron chi connectivity index (χ0n) is 7.31. The van der Waals surface area contributed by atoms with E-state index in [9.17, 15) is 4.79 Å². The van der Waals surface area contributed by atoms with E-state index in [-0.39, 0.29) is 29.6 Å². The Morgan fingerprint density at radius 1 is 1.42 bits per heavy atom. The van der Waals surface area contributed by atoms with Crippen LogP contribution in [0.15, 0.2) is 0 Å². The molecular weight excluding hydrogens is 161 g/mol. The molecule has 1 heterocycles. The van der Waals surface area contributed by atoms with Gasteiger partial charge in [-0.3, -0.25) is 4.79 Å². The maximum absolute atomic E-state index is 11.1. The fourth-order valence-electron chi connectivity index (χ4n) is 1.49. The number of unbranched alkanes of at least 4 members (excludes halogenated alkanes) is 2. The van der Waals surface area contributed by atoms with E-state index < -0.39 is 0 Å². The summed E-state index contributed by atoms with van der Waals surface area (Å²) in [6.07, 6.45) is 5.53. The molecular formula is C9H18NNaO. The molecule has 66 valence electrons. The summed E-state index contributed by atoms with van der Waals surface area (Å²) in [6.45, 7) is 4.18. The number of hydrogen-bond acceptors (Lipinski definition) is 1. The molecule has 1 rings (SSSR count). The van der Waals surface area contributed by atoms with Crippen LogP contribution in [-0.4, -0.2) is 53.5 Å². The molecule has 0 atom stereocenters. The molecule has 0 spiro atoms. The van der Waals surface area contributed by atoms with E-state index in [2.05, 4.69) is 6.92 Å². The standard InChI is InChI=1S/C9H17NO.Na.H/c1-2-3-4-7-10-8-5-6-9(10)11;;/h2-8H2,1H3;;. The molecule has 0 N–H and O–H groups in total. The van der Waals surface area contributed by atoms with Crippen molar-refractivity contribution >= 4 is 35.5 Å². The van der Waals surface area contributed by atoms with E-state index in [1.54, 1.807) is 0 Å². The molecule has 0 unspecified atom stereocenters. The van der Waals surface area contributed by atoms with Crippen LogP contribution in [-0.2, 0) is 4.79 Å². The molecule has 0 radical (unpaired) electrons. The van der Waals surface area contributed by atoms with Gasteiger partial charge < -0.3 is 4.90 Å². The van der Waals surface area contributed by atoms with Crippen LogP contribution in [0.5, 0.6) is 0 Å². The molecule has 1 aliphatic heterocycles. The van der Waals surface area contributed by atoms with Crippen molar-refractivity contribution in [1.29, 1.82) is 0 Å². The second-order valence-electron chi connectivity index (χ2n) is 3.19. The third-order valence-electron chi connectivity index (χ3n) is 2.20. The first-order valence-electron chi connectivity index (χ1n) is 4.62. The molecule has 0 saturated carbocycles. The van der Waals surface area contributed by atoms with Crippen molar-refractivity contribution in [2.75, 3.05) is 13.1 Å². The topological polar surface area (TPSA) is 20.3 Å². The van der Waals surface area contributed by atoms with Crippen molar-refractivity contribution in [1.82, 2.24) is 4.90 Å². The first kappa shape index (κ1) is 12.5. The number of hydrogen-bond donors (Lipinski definition) is 0. The molecule has 2 nitrogen and oxygen atoms in total.